The molecule has 0 aliphatic rings. The minimum absolute atomic E-state index is 0.874. The molecule has 1 aromatic heterocycles. The molecular weight excluding hydrogens is 350 g/mol. The molecule has 0 amide bonds. The van der Waals surface area contributed by atoms with Crippen molar-refractivity contribution in [2.45, 2.75) is 13.5 Å². The molecule has 1 heterocycles. The van der Waals surface area contributed by atoms with E-state index in [4.69, 9.17) is 0 Å². The van der Waals surface area contributed by atoms with E-state index in [9.17, 15) is 0 Å². The molecule has 0 aliphatic carbocycles. The third kappa shape index (κ3) is 3.09. The molecule has 0 fully saturated rings. The van der Waals surface area contributed by atoms with Crippen LogP contribution < -0.4 is 5.32 Å². The fraction of sp³-hybridized carbons (Fsp3) is 0.167. The van der Waals surface area contributed by atoms with Crippen LogP contribution in [0, 0.1) is 6.92 Å². The van der Waals surface area contributed by atoms with E-state index in [2.05, 4.69) is 73.7 Å². The zero-order valence-corrected chi connectivity index (χ0v) is 12.7. The standard InChI is InChI=1S/C12H11Br2NS/c1-8-4-9(13)2-3-12(8)15-6-11-5-10(14)7-16-11/h2-5,7,15H,6H2,1H3. The van der Waals surface area contributed by atoms with Crippen LogP contribution in [0.1, 0.15) is 10.4 Å². The number of thiophene rings is 1. The molecule has 0 spiro atoms. The monoisotopic (exact) mass is 359 g/mol. The van der Waals surface area contributed by atoms with E-state index in [1.807, 2.05) is 0 Å². The average Bonchev–Trinajstić information content (AvgIpc) is 2.63. The SMILES string of the molecule is Cc1cc(Br)ccc1NCc1cc(Br)cs1. The van der Waals surface area contributed by atoms with Gasteiger partial charge in [0.1, 0.15) is 0 Å². The normalized spacial score (nSPS) is 10.4. The topological polar surface area (TPSA) is 12.0 Å². The molecule has 0 radical (unpaired) electrons. The highest BCUT2D eigenvalue weighted by Crippen LogP contribution is 2.23. The molecule has 0 unspecified atom stereocenters. The van der Waals surface area contributed by atoms with Crippen molar-refractivity contribution in [3.05, 3.63) is 49.0 Å². The third-order valence-corrected chi connectivity index (χ3v) is 4.45. The maximum atomic E-state index is 3.46. The van der Waals surface area contributed by atoms with Crippen LogP contribution in [-0.2, 0) is 6.54 Å². The molecule has 4 heteroatoms. The molecule has 2 aromatic rings. The summed E-state index contributed by atoms with van der Waals surface area (Å²) in [6.07, 6.45) is 0. The molecule has 1 N–H and O–H groups in total. The van der Waals surface area contributed by atoms with Gasteiger partial charge >= 0.3 is 0 Å². The van der Waals surface area contributed by atoms with Crippen molar-refractivity contribution in [3.63, 3.8) is 0 Å². The summed E-state index contributed by atoms with van der Waals surface area (Å²) in [7, 11) is 0. The van der Waals surface area contributed by atoms with Gasteiger partial charge in [0, 0.05) is 31.4 Å². The van der Waals surface area contributed by atoms with Gasteiger partial charge in [-0.25, -0.2) is 0 Å². The lowest BCUT2D eigenvalue weighted by Gasteiger charge is -2.08. The average molecular weight is 361 g/mol. The van der Waals surface area contributed by atoms with Crippen LogP contribution in [0.4, 0.5) is 5.69 Å². The summed E-state index contributed by atoms with van der Waals surface area (Å²) in [4.78, 5) is 1.33. The van der Waals surface area contributed by atoms with E-state index in [-0.39, 0.29) is 0 Å². The van der Waals surface area contributed by atoms with Gasteiger partial charge in [-0.15, -0.1) is 11.3 Å². The molecule has 16 heavy (non-hydrogen) atoms. The Kier molecular flexibility index (Phi) is 4.05. The molecular formula is C12H11Br2NS. The number of halogens is 2. The zero-order valence-electron chi connectivity index (χ0n) is 8.76. The maximum Gasteiger partial charge on any atom is 0.0494 e. The highest BCUT2D eigenvalue weighted by atomic mass is 79.9. The van der Waals surface area contributed by atoms with E-state index in [0.717, 1.165) is 15.5 Å². The van der Waals surface area contributed by atoms with Crippen molar-refractivity contribution in [1.82, 2.24) is 0 Å². The van der Waals surface area contributed by atoms with Gasteiger partial charge in [0.2, 0.25) is 0 Å². The fourth-order valence-corrected chi connectivity index (χ4v) is 3.32. The Balaban J connectivity index is 2.04. The van der Waals surface area contributed by atoms with Crippen molar-refractivity contribution in [2.24, 2.45) is 0 Å². The maximum absolute atomic E-state index is 3.46. The number of nitrogens with one attached hydrogen (secondary N) is 1. The van der Waals surface area contributed by atoms with Gasteiger partial charge in [0.05, 0.1) is 0 Å². The number of hydrogen-bond donors (Lipinski definition) is 1. The van der Waals surface area contributed by atoms with Gasteiger partial charge in [-0.1, -0.05) is 15.9 Å². The van der Waals surface area contributed by atoms with Crippen molar-refractivity contribution in [1.29, 1.82) is 0 Å². The van der Waals surface area contributed by atoms with Gasteiger partial charge in [-0.05, 0) is 52.7 Å². The number of anilines is 1. The Bertz CT molecular complexity index is 494. The van der Waals surface area contributed by atoms with E-state index in [0.29, 0.717) is 0 Å². The molecule has 1 aromatic carbocycles. The number of aryl methyl sites for hydroxylation is 1. The zero-order chi connectivity index (χ0) is 11.5. The first kappa shape index (κ1) is 12.1. The second kappa shape index (κ2) is 5.34. The summed E-state index contributed by atoms with van der Waals surface area (Å²) < 4.78 is 2.27. The van der Waals surface area contributed by atoms with Crippen molar-refractivity contribution < 1.29 is 0 Å². The molecule has 84 valence electrons. The molecule has 0 atom stereocenters. The van der Waals surface area contributed by atoms with Crippen LogP contribution in [0.3, 0.4) is 0 Å². The number of hydrogen-bond acceptors (Lipinski definition) is 2. The first-order chi connectivity index (χ1) is 7.65. The van der Waals surface area contributed by atoms with E-state index < -0.39 is 0 Å². The molecule has 0 saturated carbocycles. The van der Waals surface area contributed by atoms with E-state index in [1.54, 1.807) is 11.3 Å². The van der Waals surface area contributed by atoms with Crippen LogP contribution in [0.5, 0.6) is 0 Å². The lowest BCUT2D eigenvalue weighted by molar-refractivity contribution is 1.18. The van der Waals surface area contributed by atoms with Crippen LogP contribution in [0.15, 0.2) is 38.6 Å². The van der Waals surface area contributed by atoms with Gasteiger partial charge in [-0.3, -0.25) is 0 Å². The Morgan fingerprint density at radius 3 is 2.62 bits per heavy atom. The highest BCUT2D eigenvalue weighted by Gasteiger charge is 2.00. The summed E-state index contributed by atoms with van der Waals surface area (Å²) in [6, 6.07) is 8.42. The lowest BCUT2D eigenvalue weighted by atomic mass is 10.2. The third-order valence-electron chi connectivity index (χ3n) is 2.26. The van der Waals surface area contributed by atoms with Gasteiger partial charge in [0.15, 0.2) is 0 Å². The van der Waals surface area contributed by atoms with Crippen molar-refractivity contribution in [2.75, 3.05) is 5.32 Å². The first-order valence-corrected chi connectivity index (χ1v) is 7.34. The molecule has 0 aliphatic heterocycles. The Labute approximate surface area is 116 Å². The molecule has 0 saturated heterocycles. The lowest BCUT2D eigenvalue weighted by Crippen LogP contribution is -1.98. The summed E-state index contributed by atoms with van der Waals surface area (Å²) in [5.41, 5.74) is 2.44. The Morgan fingerprint density at radius 2 is 2.00 bits per heavy atom. The summed E-state index contributed by atoms with van der Waals surface area (Å²) in [5, 5.41) is 5.54. The molecule has 1 nitrogen and oxygen atoms in total. The second-order valence-electron chi connectivity index (χ2n) is 3.54. The number of benzene rings is 1. The fourth-order valence-electron chi connectivity index (χ4n) is 1.45. The quantitative estimate of drug-likeness (QED) is 0.793. The van der Waals surface area contributed by atoms with Gasteiger partial charge in [-0.2, -0.15) is 0 Å². The minimum atomic E-state index is 0.874. The first-order valence-electron chi connectivity index (χ1n) is 4.88. The Morgan fingerprint density at radius 1 is 1.19 bits per heavy atom. The summed E-state index contributed by atoms with van der Waals surface area (Å²) >= 11 is 8.68. The predicted octanol–water partition coefficient (Wildman–Crippen LogP) is 5.19. The van der Waals surface area contributed by atoms with Crippen LogP contribution in [-0.4, -0.2) is 0 Å². The highest BCUT2D eigenvalue weighted by molar-refractivity contribution is 9.10. The van der Waals surface area contributed by atoms with Crippen LogP contribution in [0.2, 0.25) is 0 Å². The smallest absolute Gasteiger partial charge is 0.0494 e. The van der Waals surface area contributed by atoms with E-state index in [1.165, 1.54) is 16.1 Å². The molecule has 2 rings (SSSR count). The second-order valence-corrected chi connectivity index (χ2v) is 6.37. The minimum Gasteiger partial charge on any atom is -0.380 e. The van der Waals surface area contributed by atoms with E-state index >= 15 is 0 Å². The van der Waals surface area contributed by atoms with Gasteiger partial charge < -0.3 is 5.32 Å². The summed E-state index contributed by atoms with van der Waals surface area (Å²) in [5.74, 6) is 0. The van der Waals surface area contributed by atoms with Crippen molar-refractivity contribution in [3.8, 4) is 0 Å². The molecule has 0 bridgehead atoms. The predicted molar refractivity (Wildman–Crippen MR) is 78.2 cm³/mol. The van der Waals surface area contributed by atoms with Crippen LogP contribution in [0.25, 0.3) is 0 Å². The largest absolute Gasteiger partial charge is 0.380 e. The Hall–Kier alpha value is -0.320. The number of rotatable bonds is 3. The summed E-state index contributed by atoms with van der Waals surface area (Å²) in [6.45, 7) is 2.98. The van der Waals surface area contributed by atoms with Gasteiger partial charge in [0.25, 0.3) is 0 Å². The van der Waals surface area contributed by atoms with Crippen molar-refractivity contribution >= 4 is 48.9 Å². The van der Waals surface area contributed by atoms with Crippen LogP contribution >= 0.6 is 43.2 Å².